The third-order valence-electron chi connectivity index (χ3n) is 2.37. The molecule has 0 unspecified atom stereocenters. The molecular weight excluding hydrogens is 256 g/mol. The predicted molar refractivity (Wildman–Crippen MR) is 63.7 cm³/mol. The lowest BCUT2D eigenvalue weighted by Crippen LogP contribution is -2.23. The van der Waals surface area contributed by atoms with E-state index in [2.05, 4.69) is 20.9 Å². The monoisotopic (exact) mass is 266 g/mol. The number of aldehydes is 1. The predicted octanol–water partition coefficient (Wildman–Crippen LogP) is 2.00. The molecular formula is C11H11BrN2O. The lowest BCUT2D eigenvalue weighted by Gasteiger charge is -2.03. The largest absolute Gasteiger partial charge is 0.361 e. The minimum absolute atomic E-state index is 0.434. The molecule has 0 saturated heterocycles. The number of nitrogens with two attached hydrogens (primary N) is 1. The molecule has 0 bridgehead atoms. The molecule has 0 radical (unpaired) electrons. The summed E-state index contributed by atoms with van der Waals surface area (Å²) in [5.74, 6) is 0. The first kappa shape index (κ1) is 10.4. The SMILES string of the molecule is N[C@H](C=O)Cc1c[nH]c2cccc(Br)c12. The van der Waals surface area contributed by atoms with Crippen molar-refractivity contribution in [2.75, 3.05) is 0 Å². The summed E-state index contributed by atoms with van der Waals surface area (Å²) in [6.45, 7) is 0. The zero-order chi connectivity index (χ0) is 10.8. The first-order chi connectivity index (χ1) is 7.22. The van der Waals surface area contributed by atoms with E-state index in [-0.39, 0.29) is 0 Å². The van der Waals surface area contributed by atoms with Gasteiger partial charge in [-0.2, -0.15) is 0 Å². The number of nitrogens with one attached hydrogen (secondary N) is 1. The van der Waals surface area contributed by atoms with Gasteiger partial charge in [0.25, 0.3) is 0 Å². The molecule has 1 aromatic heterocycles. The number of aromatic amines is 1. The molecule has 15 heavy (non-hydrogen) atoms. The van der Waals surface area contributed by atoms with Crippen LogP contribution in [-0.2, 0) is 11.2 Å². The highest BCUT2D eigenvalue weighted by Gasteiger charge is 2.09. The number of hydrogen-bond donors (Lipinski definition) is 2. The second-order valence-corrected chi connectivity index (χ2v) is 4.33. The van der Waals surface area contributed by atoms with Gasteiger partial charge in [0.05, 0.1) is 6.04 Å². The number of halogens is 1. The highest BCUT2D eigenvalue weighted by atomic mass is 79.9. The van der Waals surface area contributed by atoms with Gasteiger partial charge in [0.2, 0.25) is 0 Å². The standard InChI is InChI=1S/C11H11BrN2O/c12-9-2-1-3-10-11(9)7(5-14-10)4-8(13)6-15/h1-3,5-6,8,14H,4,13H2/t8-/m0/s1. The van der Waals surface area contributed by atoms with Crippen molar-refractivity contribution in [1.29, 1.82) is 0 Å². The highest BCUT2D eigenvalue weighted by molar-refractivity contribution is 9.10. The first-order valence-corrected chi connectivity index (χ1v) is 5.47. The molecule has 2 aromatic rings. The van der Waals surface area contributed by atoms with Crippen molar-refractivity contribution in [3.63, 3.8) is 0 Å². The Kier molecular flexibility index (Phi) is 2.88. The summed E-state index contributed by atoms with van der Waals surface area (Å²) in [5, 5.41) is 1.11. The van der Waals surface area contributed by atoms with Gasteiger partial charge in [-0.15, -0.1) is 0 Å². The van der Waals surface area contributed by atoms with Crippen LogP contribution in [0.4, 0.5) is 0 Å². The Bertz CT molecular complexity index is 492. The fraction of sp³-hybridized carbons (Fsp3) is 0.182. The summed E-state index contributed by atoms with van der Waals surface area (Å²) in [6.07, 6.45) is 3.24. The number of rotatable bonds is 3. The van der Waals surface area contributed by atoms with E-state index in [4.69, 9.17) is 5.73 Å². The quantitative estimate of drug-likeness (QED) is 0.835. The summed E-state index contributed by atoms with van der Waals surface area (Å²) in [4.78, 5) is 13.7. The molecule has 0 saturated carbocycles. The molecule has 0 aliphatic carbocycles. The van der Waals surface area contributed by atoms with Crippen LogP contribution in [0.1, 0.15) is 5.56 Å². The minimum Gasteiger partial charge on any atom is -0.361 e. The van der Waals surface area contributed by atoms with Crippen LogP contribution in [0.5, 0.6) is 0 Å². The molecule has 3 N–H and O–H groups in total. The molecule has 4 heteroatoms. The summed E-state index contributed by atoms with van der Waals surface area (Å²) in [6, 6.07) is 5.50. The smallest absolute Gasteiger partial charge is 0.137 e. The summed E-state index contributed by atoms with van der Waals surface area (Å²) in [7, 11) is 0. The number of carbonyl (C=O) groups is 1. The minimum atomic E-state index is -0.434. The number of H-pyrrole nitrogens is 1. The fourth-order valence-electron chi connectivity index (χ4n) is 1.67. The van der Waals surface area contributed by atoms with Gasteiger partial charge in [-0.25, -0.2) is 0 Å². The Balaban J connectivity index is 2.48. The summed E-state index contributed by atoms with van der Waals surface area (Å²) >= 11 is 3.49. The van der Waals surface area contributed by atoms with Crippen molar-refractivity contribution in [1.82, 2.24) is 4.98 Å². The van der Waals surface area contributed by atoms with Crippen molar-refractivity contribution in [3.8, 4) is 0 Å². The molecule has 1 heterocycles. The molecule has 0 spiro atoms. The van der Waals surface area contributed by atoms with Gasteiger partial charge in [-0.05, 0) is 24.1 Å². The number of carbonyl (C=O) groups excluding carboxylic acids is 1. The number of aromatic nitrogens is 1. The number of hydrogen-bond acceptors (Lipinski definition) is 2. The van der Waals surface area contributed by atoms with Gasteiger partial charge in [-0.1, -0.05) is 22.0 Å². The van der Waals surface area contributed by atoms with E-state index in [1.54, 1.807) is 0 Å². The normalized spacial score (nSPS) is 12.9. The van der Waals surface area contributed by atoms with E-state index in [1.807, 2.05) is 24.4 Å². The Morgan fingerprint density at radius 2 is 2.33 bits per heavy atom. The van der Waals surface area contributed by atoms with E-state index in [0.717, 1.165) is 27.2 Å². The van der Waals surface area contributed by atoms with Crippen LogP contribution < -0.4 is 5.73 Å². The van der Waals surface area contributed by atoms with Crippen LogP contribution in [-0.4, -0.2) is 17.3 Å². The lowest BCUT2D eigenvalue weighted by molar-refractivity contribution is -0.108. The van der Waals surface area contributed by atoms with Crippen molar-refractivity contribution in [2.45, 2.75) is 12.5 Å². The van der Waals surface area contributed by atoms with Crippen LogP contribution in [0.3, 0.4) is 0 Å². The van der Waals surface area contributed by atoms with Crippen molar-refractivity contribution in [3.05, 3.63) is 34.4 Å². The molecule has 3 nitrogen and oxygen atoms in total. The average Bonchev–Trinajstić information content (AvgIpc) is 2.63. The van der Waals surface area contributed by atoms with E-state index in [0.29, 0.717) is 6.42 Å². The summed E-state index contributed by atoms with van der Waals surface area (Å²) in [5.41, 5.74) is 7.73. The molecule has 0 fully saturated rings. The zero-order valence-corrected chi connectivity index (χ0v) is 9.62. The molecule has 78 valence electrons. The molecule has 0 amide bonds. The molecule has 0 aliphatic rings. The maximum atomic E-state index is 10.5. The third-order valence-corrected chi connectivity index (χ3v) is 3.03. The van der Waals surface area contributed by atoms with Gasteiger partial charge in [0, 0.05) is 21.6 Å². The van der Waals surface area contributed by atoms with Crippen molar-refractivity contribution < 1.29 is 4.79 Å². The Hall–Kier alpha value is -1.13. The molecule has 0 aliphatic heterocycles. The average molecular weight is 267 g/mol. The fourth-order valence-corrected chi connectivity index (χ4v) is 2.29. The van der Waals surface area contributed by atoms with Gasteiger partial charge in [-0.3, -0.25) is 0 Å². The van der Waals surface area contributed by atoms with Crippen LogP contribution >= 0.6 is 15.9 Å². The van der Waals surface area contributed by atoms with Crippen LogP contribution in [0.2, 0.25) is 0 Å². The highest BCUT2D eigenvalue weighted by Crippen LogP contribution is 2.27. The summed E-state index contributed by atoms with van der Waals surface area (Å²) < 4.78 is 1.02. The molecule has 2 rings (SSSR count). The van der Waals surface area contributed by atoms with E-state index in [9.17, 15) is 4.79 Å². The topological polar surface area (TPSA) is 58.9 Å². The maximum Gasteiger partial charge on any atom is 0.137 e. The van der Waals surface area contributed by atoms with Gasteiger partial charge in [0.15, 0.2) is 0 Å². The van der Waals surface area contributed by atoms with Crippen LogP contribution in [0.25, 0.3) is 10.9 Å². The Labute approximate surface area is 95.8 Å². The second kappa shape index (κ2) is 4.16. The Morgan fingerprint density at radius 1 is 1.53 bits per heavy atom. The zero-order valence-electron chi connectivity index (χ0n) is 8.03. The van der Waals surface area contributed by atoms with Gasteiger partial charge < -0.3 is 15.5 Å². The van der Waals surface area contributed by atoms with Crippen LogP contribution in [0.15, 0.2) is 28.9 Å². The molecule has 1 aromatic carbocycles. The van der Waals surface area contributed by atoms with Crippen molar-refractivity contribution in [2.24, 2.45) is 5.73 Å². The van der Waals surface area contributed by atoms with Crippen molar-refractivity contribution >= 4 is 33.1 Å². The maximum absolute atomic E-state index is 10.5. The number of fused-ring (bicyclic) bond motifs is 1. The van der Waals surface area contributed by atoms with Gasteiger partial charge >= 0.3 is 0 Å². The lowest BCUT2D eigenvalue weighted by atomic mass is 10.1. The van der Waals surface area contributed by atoms with Crippen LogP contribution in [0, 0.1) is 0 Å². The van der Waals surface area contributed by atoms with Gasteiger partial charge in [0.1, 0.15) is 6.29 Å². The first-order valence-electron chi connectivity index (χ1n) is 4.67. The number of benzene rings is 1. The van der Waals surface area contributed by atoms with E-state index in [1.165, 1.54) is 0 Å². The Morgan fingerprint density at radius 3 is 3.07 bits per heavy atom. The third kappa shape index (κ3) is 1.96. The van der Waals surface area contributed by atoms with E-state index >= 15 is 0 Å². The van der Waals surface area contributed by atoms with E-state index < -0.39 is 6.04 Å². The molecule has 1 atom stereocenters. The second-order valence-electron chi connectivity index (χ2n) is 3.48.